The van der Waals surface area contributed by atoms with Crippen LogP contribution in [-0.4, -0.2) is 54.1 Å². The van der Waals surface area contributed by atoms with Gasteiger partial charge < -0.3 is 20.3 Å². The zero-order chi connectivity index (χ0) is 18.2. The SMILES string of the molecule is CC(C)Oc1ccc(Nc2cnc(C(=O)NCCN(C)C)cn2)cc1. The van der Waals surface area contributed by atoms with Gasteiger partial charge in [-0.2, -0.15) is 0 Å². The van der Waals surface area contributed by atoms with Crippen LogP contribution in [0, 0.1) is 0 Å². The van der Waals surface area contributed by atoms with Gasteiger partial charge in [0.15, 0.2) is 0 Å². The molecule has 7 nitrogen and oxygen atoms in total. The summed E-state index contributed by atoms with van der Waals surface area (Å²) in [5.74, 6) is 1.16. The van der Waals surface area contributed by atoms with Crippen LogP contribution in [0.1, 0.15) is 24.3 Å². The fourth-order valence-corrected chi connectivity index (χ4v) is 2.03. The molecule has 0 saturated heterocycles. The normalized spacial score (nSPS) is 10.8. The van der Waals surface area contributed by atoms with Gasteiger partial charge in [0.2, 0.25) is 0 Å². The van der Waals surface area contributed by atoms with Gasteiger partial charge >= 0.3 is 0 Å². The minimum absolute atomic E-state index is 0.140. The van der Waals surface area contributed by atoms with Crippen LogP contribution in [0.4, 0.5) is 11.5 Å². The van der Waals surface area contributed by atoms with Gasteiger partial charge in [0.25, 0.3) is 5.91 Å². The second kappa shape index (κ2) is 8.98. The number of hydrogen-bond acceptors (Lipinski definition) is 6. The Morgan fingerprint density at radius 3 is 2.44 bits per heavy atom. The summed E-state index contributed by atoms with van der Waals surface area (Å²) in [6.07, 6.45) is 3.14. The van der Waals surface area contributed by atoms with Crippen LogP contribution in [0.5, 0.6) is 5.75 Å². The first-order valence-electron chi connectivity index (χ1n) is 8.23. The highest BCUT2D eigenvalue weighted by Crippen LogP contribution is 2.19. The van der Waals surface area contributed by atoms with E-state index >= 15 is 0 Å². The van der Waals surface area contributed by atoms with Crippen LogP contribution in [0.3, 0.4) is 0 Å². The number of benzene rings is 1. The highest BCUT2D eigenvalue weighted by atomic mass is 16.5. The number of anilines is 2. The molecule has 0 saturated carbocycles. The van der Waals surface area contributed by atoms with Crippen LogP contribution in [0.25, 0.3) is 0 Å². The molecule has 1 heterocycles. The fraction of sp³-hybridized carbons (Fsp3) is 0.389. The number of amides is 1. The third-order valence-corrected chi connectivity index (χ3v) is 3.23. The molecule has 0 fully saturated rings. The number of rotatable bonds is 8. The molecule has 1 amide bonds. The van der Waals surface area contributed by atoms with Crippen LogP contribution in [-0.2, 0) is 0 Å². The average molecular weight is 343 g/mol. The molecular weight excluding hydrogens is 318 g/mol. The molecule has 2 rings (SSSR count). The minimum atomic E-state index is -0.226. The summed E-state index contributed by atoms with van der Waals surface area (Å²) in [6, 6.07) is 7.59. The van der Waals surface area contributed by atoms with E-state index in [1.807, 2.05) is 57.1 Å². The third-order valence-electron chi connectivity index (χ3n) is 3.23. The highest BCUT2D eigenvalue weighted by Gasteiger charge is 2.08. The first-order valence-corrected chi connectivity index (χ1v) is 8.23. The molecule has 0 spiro atoms. The Hall–Kier alpha value is -2.67. The van der Waals surface area contributed by atoms with E-state index in [1.165, 1.54) is 6.20 Å². The quantitative estimate of drug-likeness (QED) is 0.766. The number of carbonyl (C=O) groups is 1. The number of likely N-dealkylation sites (N-methyl/N-ethyl adjacent to an activating group) is 1. The van der Waals surface area contributed by atoms with Crippen molar-refractivity contribution in [2.24, 2.45) is 0 Å². The van der Waals surface area contributed by atoms with E-state index in [-0.39, 0.29) is 12.0 Å². The van der Waals surface area contributed by atoms with Gasteiger partial charge in [0, 0.05) is 18.8 Å². The standard InChI is InChI=1S/C18H25N5O2/c1-13(2)25-15-7-5-14(6-8-15)22-17-12-20-16(11-21-17)18(24)19-9-10-23(3)4/h5-8,11-13H,9-10H2,1-4H3,(H,19,24)(H,21,22). The molecule has 2 N–H and O–H groups in total. The molecule has 0 bridgehead atoms. The predicted octanol–water partition coefficient (Wildman–Crippen LogP) is 2.30. The van der Waals surface area contributed by atoms with Crippen LogP contribution >= 0.6 is 0 Å². The van der Waals surface area contributed by atoms with Crippen LogP contribution in [0.2, 0.25) is 0 Å². The van der Waals surface area contributed by atoms with Crippen molar-refractivity contribution in [3.8, 4) is 5.75 Å². The van der Waals surface area contributed by atoms with Gasteiger partial charge in [0.1, 0.15) is 17.3 Å². The van der Waals surface area contributed by atoms with Crippen LogP contribution in [0.15, 0.2) is 36.7 Å². The zero-order valence-corrected chi connectivity index (χ0v) is 15.1. The van der Waals surface area contributed by atoms with E-state index in [0.717, 1.165) is 18.0 Å². The first-order chi connectivity index (χ1) is 11.9. The lowest BCUT2D eigenvalue weighted by Crippen LogP contribution is -2.31. The summed E-state index contributed by atoms with van der Waals surface area (Å²) in [7, 11) is 3.90. The van der Waals surface area contributed by atoms with Crippen LogP contribution < -0.4 is 15.4 Å². The Bertz CT molecular complexity index is 669. The molecule has 1 aromatic heterocycles. The summed E-state index contributed by atoms with van der Waals surface area (Å²) < 4.78 is 5.61. The largest absolute Gasteiger partial charge is 0.491 e. The Kier molecular flexibility index (Phi) is 6.71. The summed E-state index contributed by atoms with van der Waals surface area (Å²) in [5, 5.41) is 5.94. The lowest BCUT2D eigenvalue weighted by atomic mass is 10.3. The van der Waals surface area contributed by atoms with E-state index in [1.54, 1.807) is 6.20 Å². The van der Waals surface area contributed by atoms with Gasteiger partial charge in [-0.3, -0.25) is 4.79 Å². The smallest absolute Gasteiger partial charge is 0.271 e. The summed E-state index contributed by atoms with van der Waals surface area (Å²) >= 11 is 0. The Balaban J connectivity index is 1.90. The van der Waals surface area contributed by atoms with Crippen molar-refractivity contribution in [1.82, 2.24) is 20.2 Å². The number of aromatic nitrogens is 2. The van der Waals surface area contributed by atoms with Crippen molar-refractivity contribution < 1.29 is 9.53 Å². The topological polar surface area (TPSA) is 79.4 Å². The molecule has 0 aliphatic heterocycles. The van der Waals surface area contributed by atoms with Gasteiger partial charge in [0.05, 0.1) is 18.5 Å². The summed E-state index contributed by atoms with van der Waals surface area (Å²) in [5.41, 5.74) is 1.17. The monoisotopic (exact) mass is 343 g/mol. The fourth-order valence-electron chi connectivity index (χ4n) is 2.03. The molecule has 25 heavy (non-hydrogen) atoms. The summed E-state index contributed by atoms with van der Waals surface area (Å²) in [4.78, 5) is 22.3. The Morgan fingerprint density at radius 2 is 1.88 bits per heavy atom. The predicted molar refractivity (Wildman–Crippen MR) is 98.4 cm³/mol. The summed E-state index contributed by atoms with van der Waals surface area (Å²) in [6.45, 7) is 5.31. The van der Waals surface area contributed by atoms with E-state index in [0.29, 0.717) is 18.1 Å². The second-order valence-corrected chi connectivity index (χ2v) is 6.16. The molecule has 7 heteroatoms. The zero-order valence-electron chi connectivity index (χ0n) is 15.1. The number of carbonyl (C=O) groups excluding carboxylic acids is 1. The van der Waals surface area contributed by atoms with Gasteiger partial charge in [-0.25, -0.2) is 9.97 Å². The van der Waals surface area contributed by atoms with Gasteiger partial charge in [-0.1, -0.05) is 0 Å². The minimum Gasteiger partial charge on any atom is -0.491 e. The molecule has 134 valence electrons. The lowest BCUT2D eigenvalue weighted by molar-refractivity contribution is 0.0945. The molecule has 0 aliphatic rings. The van der Waals surface area contributed by atoms with Crippen molar-refractivity contribution >= 4 is 17.4 Å². The maximum atomic E-state index is 12.0. The van der Waals surface area contributed by atoms with E-state index in [9.17, 15) is 4.79 Å². The Labute approximate surface area is 148 Å². The first kappa shape index (κ1) is 18.7. The molecule has 1 aromatic carbocycles. The Morgan fingerprint density at radius 1 is 1.16 bits per heavy atom. The number of hydrogen-bond donors (Lipinski definition) is 2. The molecule has 2 aromatic rings. The van der Waals surface area contributed by atoms with Crippen molar-refractivity contribution in [3.05, 3.63) is 42.4 Å². The maximum Gasteiger partial charge on any atom is 0.271 e. The van der Waals surface area contributed by atoms with Gasteiger partial charge in [-0.05, 0) is 52.2 Å². The lowest BCUT2D eigenvalue weighted by Gasteiger charge is -2.11. The van der Waals surface area contributed by atoms with Gasteiger partial charge in [-0.15, -0.1) is 0 Å². The van der Waals surface area contributed by atoms with Crippen molar-refractivity contribution in [2.75, 3.05) is 32.5 Å². The van der Waals surface area contributed by atoms with E-state index < -0.39 is 0 Å². The third kappa shape index (κ3) is 6.39. The maximum absolute atomic E-state index is 12.0. The number of ether oxygens (including phenoxy) is 1. The second-order valence-electron chi connectivity index (χ2n) is 6.16. The number of nitrogens with zero attached hydrogens (tertiary/aromatic N) is 3. The van der Waals surface area contributed by atoms with E-state index in [2.05, 4.69) is 20.6 Å². The molecule has 0 unspecified atom stereocenters. The van der Waals surface area contributed by atoms with Crippen molar-refractivity contribution in [1.29, 1.82) is 0 Å². The van der Waals surface area contributed by atoms with E-state index in [4.69, 9.17) is 4.74 Å². The van der Waals surface area contributed by atoms with Crippen molar-refractivity contribution in [2.45, 2.75) is 20.0 Å². The van der Waals surface area contributed by atoms with Crippen molar-refractivity contribution in [3.63, 3.8) is 0 Å². The molecular formula is C18H25N5O2. The number of nitrogens with one attached hydrogen (secondary N) is 2. The molecule has 0 radical (unpaired) electrons. The highest BCUT2D eigenvalue weighted by molar-refractivity contribution is 5.92. The molecule has 0 aliphatic carbocycles. The molecule has 0 atom stereocenters. The average Bonchev–Trinajstić information content (AvgIpc) is 2.56.